The second-order valence-electron chi connectivity index (χ2n) is 6.56. The van der Waals surface area contributed by atoms with E-state index < -0.39 is 5.97 Å². The molecule has 1 heterocycles. The first-order valence-electron chi connectivity index (χ1n) is 8.14. The van der Waals surface area contributed by atoms with Crippen LogP contribution in [0.4, 0.5) is 4.79 Å². The van der Waals surface area contributed by atoms with E-state index in [0.717, 1.165) is 25.7 Å². The highest BCUT2D eigenvalue weighted by Gasteiger charge is 2.29. The Hall–Kier alpha value is -1.26. The number of amides is 2. The molecule has 0 saturated carbocycles. The summed E-state index contributed by atoms with van der Waals surface area (Å²) in [5.74, 6) is -1.06. The Morgan fingerprint density at radius 2 is 1.76 bits per heavy atom. The van der Waals surface area contributed by atoms with Crippen LogP contribution in [0.3, 0.4) is 0 Å². The molecule has 0 aromatic carbocycles. The summed E-state index contributed by atoms with van der Waals surface area (Å²) in [5, 5.41) is 11.9. The van der Waals surface area contributed by atoms with Crippen LogP contribution in [0.15, 0.2) is 0 Å². The van der Waals surface area contributed by atoms with Crippen molar-refractivity contribution >= 4 is 12.0 Å². The van der Waals surface area contributed by atoms with Crippen LogP contribution in [0.25, 0.3) is 0 Å². The first-order valence-corrected chi connectivity index (χ1v) is 8.14. The molecule has 5 nitrogen and oxygen atoms in total. The lowest BCUT2D eigenvalue weighted by molar-refractivity contribution is -0.141. The van der Waals surface area contributed by atoms with E-state index in [1.54, 1.807) is 6.92 Å². The summed E-state index contributed by atoms with van der Waals surface area (Å²) < 4.78 is 0. The van der Waals surface area contributed by atoms with Gasteiger partial charge in [0.05, 0.1) is 5.92 Å². The number of carboxylic acid groups (broad SMARTS) is 1. The number of carboxylic acids is 1. The Morgan fingerprint density at radius 3 is 2.29 bits per heavy atom. The Kier molecular flexibility index (Phi) is 6.99. The maximum absolute atomic E-state index is 12.4. The predicted octanol–water partition coefficient (Wildman–Crippen LogP) is 3.24. The molecule has 0 radical (unpaired) electrons. The van der Waals surface area contributed by atoms with Gasteiger partial charge in [0.2, 0.25) is 0 Å². The van der Waals surface area contributed by atoms with Gasteiger partial charge in [0, 0.05) is 18.1 Å². The van der Waals surface area contributed by atoms with E-state index in [2.05, 4.69) is 19.2 Å². The molecule has 5 heteroatoms. The highest BCUT2D eigenvalue weighted by atomic mass is 16.4. The SMILES string of the molecule is CC(CCCC(C)C(=O)O)NC(=O)N1C(C)CCCC1C. The van der Waals surface area contributed by atoms with E-state index in [9.17, 15) is 9.59 Å². The van der Waals surface area contributed by atoms with Crippen LogP contribution in [0.1, 0.15) is 66.2 Å². The van der Waals surface area contributed by atoms with Crippen molar-refractivity contribution in [3.8, 4) is 0 Å². The van der Waals surface area contributed by atoms with Crippen LogP contribution in [0.2, 0.25) is 0 Å². The Labute approximate surface area is 128 Å². The second-order valence-corrected chi connectivity index (χ2v) is 6.56. The van der Waals surface area contributed by atoms with Crippen LogP contribution >= 0.6 is 0 Å². The molecular formula is C16H30N2O3. The number of likely N-dealkylation sites (tertiary alicyclic amines) is 1. The van der Waals surface area contributed by atoms with Gasteiger partial charge in [0.15, 0.2) is 0 Å². The third-order valence-corrected chi connectivity index (χ3v) is 4.49. The van der Waals surface area contributed by atoms with Crippen LogP contribution < -0.4 is 5.32 Å². The van der Waals surface area contributed by atoms with Gasteiger partial charge in [-0.3, -0.25) is 4.79 Å². The molecular weight excluding hydrogens is 268 g/mol. The van der Waals surface area contributed by atoms with Gasteiger partial charge in [-0.05, 0) is 52.9 Å². The third-order valence-electron chi connectivity index (χ3n) is 4.49. The Morgan fingerprint density at radius 1 is 1.19 bits per heavy atom. The number of urea groups is 1. The normalized spacial score (nSPS) is 25.2. The lowest BCUT2D eigenvalue weighted by atomic mass is 9.98. The number of rotatable bonds is 6. The quantitative estimate of drug-likeness (QED) is 0.791. The summed E-state index contributed by atoms with van der Waals surface area (Å²) in [4.78, 5) is 25.1. The smallest absolute Gasteiger partial charge is 0.318 e. The van der Waals surface area contributed by atoms with Crippen LogP contribution in [0.5, 0.6) is 0 Å². The number of piperidine rings is 1. The van der Waals surface area contributed by atoms with Gasteiger partial charge < -0.3 is 15.3 Å². The number of carbonyl (C=O) groups is 2. The molecule has 2 N–H and O–H groups in total. The molecule has 0 aliphatic carbocycles. The van der Waals surface area contributed by atoms with Gasteiger partial charge >= 0.3 is 12.0 Å². The predicted molar refractivity (Wildman–Crippen MR) is 83.3 cm³/mol. The molecule has 0 aromatic rings. The summed E-state index contributed by atoms with van der Waals surface area (Å²) in [6, 6.07) is 0.703. The molecule has 4 atom stereocenters. The van der Waals surface area contributed by atoms with Crippen molar-refractivity contribution in [3.05, 3.63) is 0 Å². The van der Waals surface area contributed by atoms with E-state index in [4.69, 9.17) is 5.11 Å². The molecule has 1 aliphatic rings. The first kappa shape index (κ1) is 17.8. The maximum atomic E-state index is 12.4. The van der Waals surface area contributed by atoms with Crippen molar-refractivity contribution in [1.29, 1.82) is 0 Å². The number of nitrogens with zero attached hydrogens (tertiary/aromatic N) is 1. The first-order chi connectivity index (χ1) is 9.82. The Balaban J connectivity index is 2.34. The molecule has 4 unspecified atom stereocenters. The average molecular weight is 298 g/mol. The number of hydrogen-bond acceptors (Lipinski definition) is 2. The maximum Gasteiger partial charge on any atom is 0.318 e. The minimum absolute atomic E-state index is 0.0217. The minimum Gasteiger partial charge on any atom is -0.481 e. The van der Waals surface area contributed by atoms with Gasteiger partial charge in [-0.15, -0.1) is 0 Å². The molecule has 0 bridgehead atoms. The molecule has 21 heavy (non-hydrogen) atoms. The van der Waals surface area contributed by atoms with E-state index in [-0.39, 0.29) is 18.0 Å². The van der Waals surface area contributed by atoms with Gasteiger partial charge in [-0.1, -0.05) is 13.3 Å². The van der Waals surface area contributed by atoms with Crippen molar-refractivity contribution in [2.45, 2.75) is 84.3 Å². The molecule has 2 amide bonds. The number of carbonyl (C=O) groups excluding carboxylic acids is 1. The van der Waals surface area contributed by atoms with Gasteiger partial charge in [-0.2, -0.15) is 0 Å². The van der Waals surface area contributed by atoms with Crippen molar-refractivity contribution < 1.29 is 14.7 Å². The standard InChI is InChI=1S/C16H30N2O3/c1-11(15(19)20)7-5-8-12(2)17-16(21)18-13(3)9-6-10-14(18)4/h11-14H,5-10H2,1-4H3,(H,17,21)(H,19,20). The highest BCUT2D eigenvalue weighted by molar-refractivity contribution is 5.75. The lowest BCUT2D eigenvalue weighted by Gasteiger charge is -2.39. The molecule has 0 spiro atoms. The number of hydrogen-bond donors (Lipinski definition) is 2. The van der Waals surface area contributed by atoms with Crippen molar-refractivity contribution in [2.75, 3.05) is 0 Å². The summed E-state index contributed by atoms with van der Waals surface area (Å²) >= 11 is 0. The van der Waals surface area contributed by atoms with Gasteiger partial charge in [0.1, 0.15) is 0 Å². The largest absolute Gasteiger partial charge is 0.481 e. The topological polar surface area (TPSA) is 69.6 Å². The summed E-state index contributed by atoms with van der Waals surface area (Å²) in [7, 11) is 0. The summed E-state index contributed by atoms with van der Waals surface area (Å²) in [6.45, 7) is 7.92. The minimum atomic E-state index is -0.748. The Bertz CT molecular complexity index is 349. The van der Waals surface area contributed by atoms with Gasteiger partial charge in [-0.25, -0.2) is 4.79 Å². The summed E-state index contributed by atoms with van der Waals surface area (Å²) in [5.41, 5.74) is 0. The van der Waals surface area contributed by atoms with E-state index >= 15 is 0 Å². The molecule has 0 aromatic heterocycles. The van der Waals surface area contributed by atoms with Crippen LogP contribution in [-0.2, 0) is 4.79 Å². The fourth-order valence-electron chi connectivity index (χ4n) is 3.03. The molecule has 122 valence electrons. The zero-order chi connectivity index (χ0) is 16.0. The van der Waals surface area contributed by atoms with E-state index in [1.165, 1.54) is 6.42 Å². The number of aliphatic carboxylic acids is 1. The zero-order valence-electron chi connectivity index (χ0n) is 13.8. The van der Waals surface area contributed by atoms with Crippen LogP contribution in [-0.4, -0.2) is 40.1 Å². The van der Waals surface area contributed by atoms with Crippen molar-refractivity contribution in [1.82, 2.24) is 10.2 Å². The van der Waals surface area contributed by atoms with E-state index in [0.29, 0.717) is 18.5 Å². The molecule has 1 rings (SSSR count). The fourth-order valence-corrected chi connectivity index (χ4v) is 3.03. The molecule has 1 fully saturated rings. The van der Waals surface area contributed by atoms with Crippen molar-refractivity contribution in [2.24, 2.45) is 5.92 Å². The second kappa shape index (κ2) is 8.25. The zero-order valence-corrected chi connectivity index (χ0v) is 13.8. The lowest BCUT2D eigenvalue weighted by Crippen LogP contribution is -2.53. The summed E-state index contributed by atoms with van der Waals surface area (Å²) in [6.07, 6.45) is 5.63. The van der Waals surface area contributed by atoms with Crippen molar-refractivity contribution in [3.63, 3.8) is 0 Å². The van der Waals surface area contributed by atoms with Crippen LogP contribution in [0, 0.1) is 5.92 Å². The molecule has 1 saturated heterocycles. The monoisotopic (exact) mass is 298 g/mol. The highest BCUT2D eigenvalue weighted by Crippen LogP contribution is 2.22. The fraction of sp³-hybridized carbons (Fsp3) is 0.875. The van der Waals surface area contributed by atoms with Gasteiger partial charge in [0.25, 0.3) is 0 Å². The average Bonchev–Trinajstić information content (AvgIpc) is 2.37. The molecule has 1 aliphatic heterocycles. The number of nitrogens with one attached hydrogen (secondary N) is 1. The third kappa shape index (κ3) is 5.56. The van der Waals surface area contributed by atoms with E-state index in [1.807, 2.05) is 11.8 Å².